The first-order chi connectivity index (χ1) is 13.1. The predicted octanol–water partition coefficient (Wildman–Crippen LogP) is 1.69. The topological polar surface area (TPSA) is 70.7 Å². The van der Waals surface area contributed by atoms with Gasteiger partial charge in [0, 0.05) is 24.5 Å². The fourth-order valence-electron chi connectivity index (χ4n) is 2.96. The minimum Gasteiger partial charge on any atom is -0.379 e. The van der Waals surface area contributed by atoms with Crippen LogP contribution in [0.25, 0.3) is 0 Å². The second-order valence-corrected chi connectivity index (χ2v) is 7.22. The van der Waals surface area contributed by atoms with E-state index < -0.39 is 11.8 Å². The maximum atomic E-state index is 13.3. The summed E-state index contributed by atoms with van der Waals surface area (Å²) in [5, 5.41) is 7.22. The fraction of sp³-hybridized carbons (Fsp3) is 0.368. The van der Waals surface area contributed by atoms with E-state index in [9.17, 15) is 14.0 Å². The lowest BCUT2D eigenvalue weighted by Gasteiger charge is -2.34. The van der Waals surface area contributed by atoms with Crippen molar-refractivity contribution in [3.63, 3.8) is 0 Å². The third-order valence-electron chi connectivity index (χ3n) is 4.41. The summed E-state index contributed by atoms with van der Waals surface area (Å²) in [7, 11) is 0. The number of amides is 2. The lowest BCUT2D eigenvalue weighted by Crippen LogP contribution is -2.46. The molecule has 0 bridgehead atoms. The lowest BCUT2D eigenvalue weighted by atomic mass is 10.0. The molecule has 144 valence electrons. The smallest absolute Gasteiger partial charge is 0.309 e. The average molecular weight is 391 g/mol. The van der Waals surface area contributed by atoms with E-state index in [1.54, 1.807) is 12.1 Å². The van der Waals surface area contributed by atoms with Crippen LogP contribution in [0, 0.1) is 5.82 Å². The standard InChI is InChI=1S/C19H22FN3O3S/c20-15-5-3-14(4-6-15)17(23-7-9-26-10-8-23)13-22-19(25)18(24)21-12-16-2-1-11-27-16/h1-6,11,17H,7-10,12-13H2,(H,21,24)(H,22,25)/t17-/m0/s1. The van der Waals surface area contributed by atoms with E-state index in [0.29, 0.717) is 32.8 Å². The number of morpholine rings is 1. The summed E-state index contributed by atoms with van der Waals surface area (Å²) in [6, 6.07) is 9.85. The third kappa shape index (κ3) is 5.59. The van der Waals surface area contributed by atoms with Crippen LogP contribution in [0.2, 0.25) is 0 Å². The van der Waals surface area contributed by atoms with Gasteiger partial charge < -0.3 is 15.4 Å². The van der Waals surface area contributed by atoms with Crippen LogP contribution in [-0.4, -0.2) is 49.6 Å². The molecule has 27 heavy (non-hydrogen) atoms. The molecule has 1 aliphatic heterocycles. The van der Waals surface area contributed by atoms with E-state index in [4.69, 9.17) is 4.74 Å². The Hall–Kier alpha value is -2.29. The first kappa shape index (κ1) is 19.5. The summed E-state index contributed by atoms with van der Waals surface area (Å²) in [5.74, 6) is -1.65. The van der Waals surface area contributed by atoms with E-state index >= 15 is 0 Å². The Bertz CT molecular complexity index is 746. The second-order valence-electron chi connectivity index (χ2n) is 6.19. The molecule has 0 saturated carbocycles. The summed E-state index contributed by atoms with van der Waals surface area (Å²) in [5.41, 5.74) is 0.887. The minimum absolute atomic E-state index is 0.149. The molecule has 2 heterocycles. The quantitative estimate of drug-likeness (QED) is 0.736. The van der Waals surface area contributed by atoms with Crippen molar-refractivity contribution >= 4 is 23.2 Å². The Morgan fingerprint density at radius 1 is 1.11 bits per heavy atom. The van der Waals surface area contributed by atoms with Crippen LogP contribution in [-0.2, 0) is 20.9 Å². The van der Waals surface area contributed by atoms with E-state index in [1.807, 2.05) is 17.5 Å². The molecular weight excluding hydrogens is 369 g/mol. The molecule has 1 fully saturated rings. The van der Waals surface area contributed by atoms with Gasteiger partial charge in [0.1, 0.15) is 5.82 Å². The largest absolute Gasteiger partial charge is 0.379 e. The number of thiophene rings is 1. The second kappa shape index (κ2) is 9.59. The molecule has 2 amide bonds. The average Bonchev–Trinajstić information content (AvgIpc) is 3.22. The van der Waals surface area contributed by atoms with Crippen LogP contribution in [0.1, 0.15) is 16.5 Å². The van der Waals surface area contributed by atoms with Gasteiger partial charge in [-0.1, -0.05) is 18.2 Å². The molecule has 0 radical (unpaired) electrons. The highest BCUT2D eigenvalue weighted by atomic mass is 32.1. The van der Waals surface area contributed by atoms with Crippen LogP contribution >= 0.6 is 11.3 Å². The molecule has 1 aromatic carbocycles. The van der Waals surface area contributed by atoms with Crippen LogP contribution in [0.5, 0.6) is 0 Å². The highest BCUT2D eigenvalue weighted by molar-refractivity contribution is 7.09. The molecule has 0 spiro atoms. The number of hydrogen-bond acceptors (Lipinski definition) is 5. The van der Waals surface area contributed by atoms with Crippen molar-refractivity contribution in [2.75, 3.05) is 32.8 Å². The molecule has 1 aliphatic rings. The summed E-state index contributed by atoms with van der Waals surface area (Å²) < 4.78 is 18.6. The van der Waals surface area contributed by atoms with E-state index in [2.05, 4.69) is 15.5 Å². The first-order valence-electron chi connectivity index (χ1n) is 8.79. The number of ether oxygens (including phenoxy) is 1. The maximum absolute atomic E-state index is 13.3. The normalized spacial score (nSPS) is 15.9. The van der Waals surface area contributed by atoms with E-state index in [1.165, 1.54) is 23.5 Å². The minimum atomic E-state index is -0.674. The number of hydrogen-bond donors (Lipinski definition) is 2. The predicted molar refractivity (Wildman–Crippen MR) is 101 cm³/mol. The number of rotatable bonds is 6. The van der Waals surface area contributed by atoms with Gasteiger partial charge in [-0.25, -0.2) is 4.39 Å². The summed E-state index contributed by atoms with van der Waals surface area (Å²) in [6.45, 7) is 3.22. The van der Waals surface area contributed by atoms with Crippen molar-refractivity contribution in [3.05, 3.63) is 58.0 Å². The molecule has 1 saturated heterocycles. The number of carbonyl (C=O) groups excluding carboxylic acids is 2. The van der Waals surface area contributed by atoms with Crippen molar-refractivity contribution in [3.8, 4) is 0 Å². The van der Waals surface area contributed by atoms with Gasteiger partial charge >= 0.3 is 11.8 Å². The van der Waals surface area contributed by atoms with Gasteiger partial charge in [0.25, 0.3) is 0 Å². The van der Waals surface area contributed by atoms with Gasteiger partial charge in [0.15, 0.2) is 0 Å². The molecule has 1 aromatic heterocycles. The van der Waals surface area contributed by atoms with Gasteiger partial charge in [-0.3, -0.25) is 14.5 Å². The highest BCUT2D eigenvalue weighted by Gasteiger charge is 2.24. The molecule has 0 unspecified atom stereocenters. The number of benzene rings is 1. The van der Waals surface area contributed by atoms with Crippen molar-refractivity contribution in [2.45, 2.75) is 12.6 Å². The van der Waals surface area contributed by atoms with Gasteiger partial charge in [0.05, 0.1) is 25.8 Å². The number of nitrogens with zero attached hydrogens (tertiary/aromatic N) is 1. The van der Waals surface area contributed by atoms with Gasteiger partial charge in [-0.2, -0.15) is 0 Å². The molecule has 8 heteroatoms. The number of carbonyl (C=O) groups is 2. The zero-order chi connectivity index (χ0) is 19.1. The van der Waals surface area contributed by atoms with Gasteiger partial charge in [0.2, 0.25) is 0 Å². The molecule has 0 aliphatic carbocycles. The Morgan fingerprint density at radius 3 is 2.48 bits per heavy atom. The van der Waals surface area contributed by atoms with E-state index in [-0.39, 0.29) is 18.4 Å². The Labute approximate surface area is 161 Å². The maximum Gasteiger partial charge on any atom is 0.309 e. The summed E-state index contributed by atoms with van der Waals surface area (Å²) >= 11 is 1.52. The van der Waals surface area contributed by atoms with E-state index in [0.717, 1.165) is 10.4 Å². The molecule has 2 N–H and O–H groups in total. The zero-order valence-electron chi connectivity index (χ0n) is 14.8. The Morgan fingerprint density at radius 2 is 1.81 bits per heavy atom. The first-order valence-corrected chi connectivity index (χ1v) is 9.67. The van der Waals surface area contributed by atoms with Crippen molar-refractivity contribution in [1.29, 1.82) is 0 Å². The summed E-state index contributed by atoms with van der Waals surface area (Å²) in [4.78, 5) is 27.3. The van der Waals surface area contributed by atoms with Crippen molar-refractivity contribution < 1.29 is 18.7 Å². The zero-order valence-corrected chi connectivity index (χ0v) is 15.6. The molecular formula is C19H22FN3O3S. The van der Waals surface area contributed by atoms with Crippen LogP contribution in [0.3, 0.4) is 0 Å². The number of nitrogens with one attached hydrogen (secondary N) is 2. The monoisotopic (exact) mass is 391 g/mol. The Balaban J connectivity index is 1.58. The SMILES string of the molecule is O=C(NCc1cccs1)C(=O)NC[C@@H](c1ccc(F)cc1)N1CCOCC1. The van der Waals surface area contributed by atoms with Gasteiger partial charge in [-0.15, -0.1) is 11.3 Å². The van der Waals surface area contributed by atoms with Crippen molar-refractivity contribution in [2.24, 2.45) is 0 Å². The lowest BCUT2D eigenvalue weighted by molar-refractivity contribution is -0.139. The molecule has 3 rings (SSSR count). The third-order valence-corrected chi connectivity index (χ3v) is 5.28. The van der Waals surface area contributed by atoms with Gasteiger partial charge in [-0.05, 0) is 29.1 Å². The Kier molecular flexibility index (Phi) is 6.92. The number of halogens is 1. The van der Waals surface area contributed by atoms with Crippen molar-refractivity contribution in [1.82, 2.24) is 15.5 Å². The highest BCUT2D eigenvalue weighted by Crippen LogP contribution is 2.21. The molecule has 2 aromatic rings. The summed E-state index contributed by atoms with van der Waals surface area (Å²) in [6.07, 6.45) is 0. The van der Waals surface area contributed by atoms with Crippen LogP contribution in [0.15, 0.2) is 41.8 Å². The molecule has 6 nitrogen and oxygen atoms in total. The molecule has 1 atom stereocenters. The van der Waals surface area contributed by atoms with Crippen LogP contribution in [0.4, 0.5) is 4.39 Å². The van der Waals surface area contributed by atoms with Crippen LogP contribution < -0.4 is 10.6 Å². The fourth-order valence-corrected chi connectivity index (χ4v) is 3.61.